The van der Waals surface area contributed by atoms with Crippen LogP contribution in [0.4, 0.5) is 5.82 Å². The molecule has 2 rings (SSSR count). The average molecular weight is 289 g/mol. The van der Waals surface area contributed by atoms with Gasteiger partial charge in [-0.1, -0.05) is 18.2 Å². The standard InChI is InChI=1S/C14H15N3O4/c1-21-10-5-3-2-4-8(10)6-11-16-13(15)9(7-12(18)19)14(20)17-11/h2-5H,6-7H2,1H3,(H,18,19)(H3,15,16,17,20). The number of nitrogen functional groups attached to an aromatic ring is 1. The zero-order chi connectivity index (χ0) is 15.4. The smallest absolute Gasteiger partial charge is 0.308 e. The van der Waals surface area contributed by atoms with Gasteiger partial charge in [0.2, 0.25) is 0 Å². The minimum Gasteiger partial charge on any atom is -0.496 e. The maximum atomic E-state index is 11.9. The lowest BCUT2D eigenvalue weighted by Gasteiger charge is -2.09. The number of nitrogens with two attached hydrogens (primary N) is 1. The van der Waals surface area contributed by atoms with E-state index in [0.29, 0.717) is 18.0 Å². The van der Waals surface area contributed by atoms with Gasteiger partial charge in [0.1, 0.15) is 17.4 Å². The van der Waals surface area contributed by atoms with Gasteiger partial charge in [-0.15, -0.1) is 0 Å². The lowest BCUT2D eigenvalue weighted by Crippen LogP contribution is -2.22. The third kappa shape index (κ3) is 3.38. The van der Waals surface area contributed by atoms with Gasteiger partial charge >= 0.3 is 5.97 Å². The van der Waals surface area contributed by atoms with Crippen molar-refractivity contribution in [2.24, 2.45) is 0 Å². The normalized spacial score (nSPS) is 10.3. The number of hydrogen-bond acceptors (Lipinski definition) is 5. The zero-order valence-corrected chi connectivity index (χ0v) is 11.4. The predicted octanol–water partition coefficient (Wildman–Crippen LogP) is 0.579. The number of aromatic nitrogens is 2. The van der Waals surface area contributed by atoms with Crippen LogP contribution in [0.5, 0.6) is 5.75 Å². The Morgan fingerprint density at radius 1 is 1.43 bits per heavy atom. The highest BCUT2D eigenvalue weighted by Crippen LogP contribution is 2.19. The number of anilines is 1. The lowest BCUT2D eigenvalue weighted by molar-refractivity contribution is -0.136. The predicted molar refractivity (Wildman–Crippen MR) is 76.4 cm³/mol. The molecular formula is C14H15N3O4. The number of carboxylic acid groups (broad SMARTS) is 1. The summed E-state index contributed by atoms with van der Waals surface area (Å²) in [6.07, 6.45) is -0.125. The van der Waals surface area contributed by atoms with Crippen LogP contribution in [0.3, 0.4) is 0 Å². The highest BCUT2D eigenvalue weighted by Gasteiger charge is 2.13. The minimum absolute atomic E-state index is 0.0359. The second-order valence-electron chi connectivity index (χ2n) is 4.44. The van der Waals surface area contributed by atoms with Crippen molar-refractivity contribution in [3.8, 4) is 5.75 Å². The fraction of sp³-hybridized carbons (Fsp3) is 0.214. The Hall–Kier alpha value is -2.83. The fourth-order valence-electron chi connectivity index (χ4n) is 2.00. The molecule has 0 amide bonds. The van der Waals surface area contributed by atoms with Crippen LogP contribution in [0.1, 0.15) is 17.0 Å². The molecule has 110 valence electrons. The number of methoxy groups -OCH3 is 1. The lowest BCUT2D eigenvalue weighted by atomic mass is 10.1. The van der Waals surface area contributed by atoms with Gasteiger partial charge in [0.15, 0.2) is 0 Å². The van der Waals surface area contributed by atoms with E-state index < -0.39 is 17.9 Å². The van der Waals surface area contributed by atoms with Gasteiger partial charge in [-0.25, -0.2) is 4.98 Å². The van der Waals surface area contributed by atoms with Crippen molar-refractivity contribution in [3.05, 3.63) is 51.6 Å². The first-order valence-corrected chi connectivity index (χ1v) is 6.22. The number of para-hydroxylation sites is 1. The van der Waals surface area contributed by atoms with Crippen LogP contribution >= 0.6 is 0 Å². The van der Waals surface area contributed by atoms with E-state index in [1.54, 1.807) is 13.2 Å². The van der Waals surface area contributed by atoms with Crippen LogP contribution in [-0.2, 0) is 17.6 Å². The molecule has 21 heavy (non-hydrogen) atoms. The monoisotopic (exact) mass is 289 g/mol. The van der Waals surface area contributed by atoms with Crippen LogP contribution in [0.2, 0.25) is 0 Å². The summed E-state index contributed by atoms with van der Waals surface area (Å²) in [5.41, 5.74) is 5.94. The Labute approximate surface area is 120 Å². The molecule has 0 fully saturated rings. The van der Waals surface area contributed by atoms with Gasteiger partial charge in [0.05, 0.1) is 19.1 Å². The Balaban J connectivity index is 2.34. The number of rotatable bonds is 5. The van der Waals surface area contributed by atoms with Crippen molar-refractivity contribution >= 4 is 11.8 Å². The molecule has 0 saturated carbocycles. The molecule has 7 heteroatoms. The maximum absolute atomic E-state index is 11.9. The summed E-state index contributed by atoms with van der Waals surface area (Å²) >= 11 is 0. The first-order valence-electron chi connectivity index (χ1n) is 6.22. The first kappa shape index (κ1) is 14.6. The summed E-state index contributed by atoms with van der Waals surface area (Å²) in [4.78, 5) is 29.2. The van der Waals surface area contributed by atoms with Gasteiger partial charge in [-0.3, -0.25) is 9.59 Å². The van der Waals surface area contributed by atoms with Gasteiger partial charge in [0, 0.05) is 12.0 Å². The van der Waals surface area contributed by atoms with Gasteiger partial charge in [-0.2, -0.15) is 0 Å². The van der Waals surface area contributed by atoms with E-state index in [4.69, 9.17) is 15.6 Å². The van der Waals surface area contributed by atoms with Crippen LogP contribution in [0.15, 0.2) is 29.1 Å². The number of ether oxygens (including phenoxy) is 1. The topological polar surface area (TPSA) is 118 Å². The summed E-state index contributed by atoms with van der Waals surface area (Å²) in [6.45, 7) is 0. The number of aromatic amines is 1. The van der Waals surface area contributed by atoms with Crippen LogP contribution < -0.4 is 16.0 Å². The molecule has 1 heterocycles. The van der Waals surface area contributed by atoms with Crippen molar-refractivity contribution in [1.29, 1.82) is 0 Å². The number of nitrogens with zero attached hydrogens (tertiary/aromatic N) is 1. The fourth-order valence-corrected chi connectivity index (χ4v) is 2.00. The van der Waals surface area contributed by atoms with Crippen molar-refractivity contribution in [2.45, 2.75) is 12.8 Å². The Morgan fingerprint density at radius 2 is 2.14 bits per heavy atom. The van der Waals surface area contributed by atoms with Crippen LogP contribution in [0, 0.1) is 0 Å². The Morgan fingerprint density at radius 3 is 2.76 bits per heavy atom. The molecule has 0 radical (unpaired) electrons. The third-order valence-electron chi connectivity index (χ3n) is 2.97. The maximum Gasteiger partial charge on any atom is 0.308 e. The number of H-pyrrole nitrogens is 1. The average Bonchev–Trinajstić information content (AvgIpc) is 2.43. The van der Waals surface area contributed by atoms with Crippen LogP contribution in [0.25, 0.3) is 0 Å². The number of aliphatic carboxylic acids is 1. The van der Waals surface area contributed by atoms with Crippen molar-refractivity contribution in [2.75, 3.05) is 12.8 Å². The van der Waals surface area contributed by atoms with E-state index in [-0.39, 0.29) is 11.4 Å². The minimum atomic E-state index is -1.13. The molecule has 0 bridgehead atoms. The number of nitrogens with one attached hydrogen (secondary N) is 1. The molecular weight excluding hydrogens is 274 g/mol. The van der Waals surface area contributed by atoms with Crippen molar-refractivity contribution < 1.29 is 14.6 Å². The molecule has 0 saturated heterocycles. The largest absolute Gasteiger partial charge is 0.496 e. The zero-order valence-electron chi connectivity index (χ0n) is 11.4. The van der Waals surface area contributed by atoms with E-state index in [9.17, 15) is 9.59 Å². The molecule has 0 aliphatic rings. The SMILES string of the molecule is COc1ccccc1Cc1nc(N)c(CC(=O)O)c(=O)[nH]1. The quantitative estimate of drug-likeness (QED) is 0.741. The Bertz CT molecular complexity index is 724. The number of carboxylic acids is 1. The summed E-state index contributed by atoms with van der Waals surface area (Å²) < 4.78 is 5.23. The van der Waals surface area contributed by atoms with Gasteiger partial charge < -0.3 is 20.6 Å². The molecule has 7 nitrogen and oxygen atoms in total. The highest BCUT2D eigenvalue weighted by atomic mass is 16.5. The molecule has 0 spiro atoms. The number of carbonyl (C=O) groups is 1. The molecule has 1 aromatic heterocycles. The first-order chi connectivity index (χ1) is 10.0. The number of benzene rings is 1. The van der Waals surface area contributed by atoms with Gasteiger partial charge in [-0.05, 0) is 6.07 Å². The third-order valence-corrected chi connectivity index (χ3v) is 2.97. The van der Waals surface area contributed by atoms with E-state index >= 15 is 0 Å². The van der Waals surface area contributed by atoms with Gasteiger partial charge in [0.25, 0.3) is 5.56 Å². The molecule has 0 aliphatic heterocycles. The molecule has 0 unspecified atom stereocenters. The van der Waals surface area contributed by atoms with E-state index in [1.807, 2.05) is 18.2 Å². The van der Waals surface area contributed by atoms with E-state index in [1.165, 1.54) is 0 Å². The van der Waals surface area contributed by atoms with E-state index in [2.05, 4.69) is 9.97 Å². The Kier molecular flexibility index (Phi) is 4.22. The molecule has 0 aliphatic carbocycles. The molecule has 4 N–H and O–H groups in total. The molecule has 1 aromatic carbocycles. The molecule has 2 aromatic rings. The second-order valence-corrected chi connectivity index (χ2v) is 4.44. The summed E-state index contributed by atoms with van der Waals surface area (Å²) in [6, 6.07) is 7.33. The highest BCUT2D eigenvalue weighted by molar-refractivity contribution is 5.71. The van der Waals surface area contributed by atoms with Crippen molar-refractivity contribution in [1.82, 2.24) is 9.97 Å². The summed E-state index contributed by atoms with van der Waals surface area (Å²) in [5, 5.41) is 8.74. The summed E-state index contributed by atoms with van der Waals surface area (Å²) in [5.74, 6) is -0.165. The molecule has 0 atom stereocenters. The summed E-state index contributed by atoms with van der Waals surface area (Å²) in [7, 11) is 1.55. The van der Waals surface area contributed by atoms with E-state index in [0.717, 1.165) is 5.56 Å². The van der Waals surface area contributed by atoms with Crippen molar-refractivity contribution in [3.63, 3.8) is 0 Å². The van der Waals surface area contributed by atoms with Crippen LogP contribution in [-0.4, -0.2) is 28.2 Å². The number of hydrogen-bond donors (Lipinski definition) is 3. The second kappa shape index (κ2) is 6.08.